The molecule has 0 radical (unpaired) electrons. The molecule has 0 unspecified atom stereocenters. The minimum absolute atomic E-state index is 0.0136. The third-order valence-corrected chi connectivity index (χ3v) is 4.30. The molecule has 136 valence electrons. The predicted molar refractivity (Wildman–Crippen MR) is 100 cm³/mol. The van der Waals surface area contributed by atoms with Crippen molar-refractivity contribution >= 4 is 17.6 Å². The Bertz CT molecular complexity index is 756. The normalized spacial score (nSPS) is 14.0. The summed E-state index contributed by atoms with van der Waals surface area (Å²) in [7, 11) is 0. The Hall–Kier alpha value is -3.02. The van der Waals surface area contributed by atoms with E-state index in [0.29, 0.717) is 31.9 Å². The van der Waals surface area contributed by atoms with Gasteiger partial charge >= 0.3 is 6.03 Å². The first kappa shape index (κ1) is 17.8. The first-order valence-electron chi connectivity index (χ1n) is 8.70. The maximum absolute atomic E-state index is 12.3. The van der Waals surface area contributed by atoms with Gasteiger partial charge in [-0.1, -0.05) is 30.3 Å². The molecule has 1 aliphatic heterocycles. The van der Waals surface area contributed by atoms with Crippen molar-refractivity contribution in [2.45, 2.75) is 6.92 Å². The lowest BCUT2D eigenvalue weighted by Gasteiger charge is -2.34. The molecule has 2 aromatic rings. The number of carbonyl (C=O) groups is 2. The van der Waals surface area contributed by atoms with E-state index in [1.54, 1.807) is 9.80 Å². The third-order valence-electron chi connectivity index (χ3n) is 4.30. The smallest absolute Gasteiger partial charge is 0.321 e. The molecule has 0 aliphatic carbocycles. The standard InChI is InChI=1S/C20H23N3O3/c1-16-6-5-9-18(14-16)26-15-19(24)22-10-12-23(13-11-22)20(25)21-17-7-3-2-4-8-17/h2-9,14H,10-13,15H2,1H3,(H,21,25). The van der Waals surface area contributed by atoms with Crippen LogP contribution in [-0.2, 0) is 4.79 Å². The summed E-state index contributed by atoms with van der Waals surface area (Å²) >= 11 is 0. The first-order chi connectivity index (χ1) is 12.6. The second-order valence-corrected chi connectivity index (χ2v) is 6.27. The monoisotopic (exact) mass is 353 g/mol. The van der Waals surface area contributed by atoms with Gasteiger partial charge in [-0.3, -0.25) is 4.79 Å². The number of ether oxygens (including phenoxy) is 1. The summed E-state index contributed by atoms with van der Waals surface area (Å²) in [5.41, 5.74) is 1.86. The number of hydrogen-bond donors (Lipinski definition) is 1. The molecule has 6 heteroatoms. The third kappa shape index (κ3) is 4.75. The average molecular weight is 353 g/mol. The fourth-order valence-electron chi connectivity index (χ4n) is 2.82. The van der Waals surface area contributed by atoms with Gasteiger partial charge in [-0.2, -0.15) is 0 Å². The van der Waals surface area contributed by atoms with Gasteiger partial charge in [0.15, 0.2) is 6.61 Å². The van der Waals surface area contributed by atoms with E-state index in [0.717, 1.165) is 11.3 Å². The lowest BCUT2D eigenvalue weighted by molar-refractivity contribution is -0.134. The van der Waals surface area contributed by atoms with Gasteiger partial charge in [0.2, 0.25) is 0 Å². The van der Waals surface area contributed by atoms with Gasteiger partial charge in [-0.15, -0.1) is 0 Å². The number of urea groups is 1. The molecule has 1 N–H and O–H groups in total. The van der Waals surface area contributed by atoms with Crippen molar-refractivity contribution in [1.29, 1.82) is 0 Å². The molecule has 0 bridgehead atoms. The van der Waals surface area contributed by atoms with Crippen molar-refractivity contribution in [3.05, 3.63) is 60.2 Å². The quantitative estimate of drug-likeness (QED) is 0.919. The second kappa shape index (κ2) is 8.38. The van der Waals surface area contributed by atoms with E-state index in [4.69, 9.17) is 4.74 Å². The number of nitrogens with zero attached hydrogens (tertiary/aromatic N) is 2. The molecular weight excluding hydrogens is 330 g/mol. The molecule has 3 amide bonds. The summed E-state index contributed by atoms with van der Waals surface area (Å²) in [6.45, 7) is 4.04. The van der Waals surface area contributed by atoms with Gasteiger partial charge in [-0.05, 0) is 36.8 Å². The van der Waals surface area contributed by atoms with Crippen LogP contribution in [0.5, 0.6) is 5.75 Å². The summed E-state index contributed by atoms with van der Waals surface area (Å²) in [5, 5.41) is 2.87. The number of amides is 3. The van der Waals surface area contributed by atoms with Crippen LogP contribution >= 0.6 is 0 Å². The van der Waals surface area contributed by atoms with Crippen molar-refractivity contribution < 1.29 is 14.3 Å². The Morgan fingerprint density at radius 1 is 0.962 bits per heavy atom. The minimum Gasteiger partial charge on any atom is -0.484 e. The lowest BCUT2D eigenvalue weighted by Crippen LogP contribution is -2.52. The summed E-state index contributed by atoms with van der Waals surface area (Å²) < 4.78 is 5.57. The predicted octanol–water partition coefficient (Wildman–Crippen LogP) is 2.75. The fourth-order valence-corrected chi connectivity index (χ4v) is 2.82. The van der Waals surface area contributed by atoms with E-state index < -0.39 is 0 Å². The molecule has 0 atom stereocenters. The molecule has 1 heterocycles. The number of carbonyl (C=O) groups excluding carboxylic acids is 2. The highest BCUT2D eigenvalue weighted by molar-refractivity contribution is 5.89. The van der Waals surface area contributed by atoms with E-state index in [2.05, 4.69) is 5.32 Å². The molecule has 1 aliphatic rings. The van der Waals surface area contributed by atoms with Crippen LogP contribution in [0.25, 0.3) is 0 Å². The zero-order valence-corrected chi connectivity index (χ0v) is 14.9. The van der Waals surface area contributed by atoms with Gasteiger partial charge < -0.3 is 19.9 Å². The Balaban J connectivity index is 1.44. The largest absolute Gasteiger partial charge is 0.484 e. The summed E-state index contributed by atoms with van der Waals surface area (Å²) in [4.78, 5) is 28.0. The maximum atomic E-state index is 12.3. The Morgan fingerprint density at radius 3 is 2.35 bits per heavy atom. The molecule has 0 aromatic heterocycles. The number of rotatable bonds is 4. The van der Waals surface area contributed by atoms with E-state index in [9.17, 15) is 9.59 Å². The average Bonchev–Trinajstić information content (AvgIpc) is 2.67. The topological polar surface area (TPSA) is 61.9 Å². The molecule has 3 rings (SSSR count). The maximum Gasteiger partial charge on any atom is 0.321 e. The number of anilines is 1. The van der Waals surface area contributed by atoms with Gasteiger partial charge in [0, 0.05) is 31.9 Å². The first-order valence-corrected chi connectivity index (χ1v) is 8.70. The second-order valence-electron chi connectivity index (χ2n) is 6.27. The highest BCUT2D eigenvalue weighted by atomic mass is 16.5. The van der Waals surface area contributed by atoms with E-state index in [-0.39, 0.29) is 18.5 Å². The van der Waals surface area contributed by atoms with Gasteiger partial charge in [-0.25, -0.2) is 4.79 Å². The molecule has 1 fully saturated rings. The molecule has 0 saturated carbocycles. The van der Waals surface area contributed by atoms with Gasteiger partial charge in [0.25, 0.3) is 5.91 Å². The number of piperazine rings is 1. The van der Waals surface area contributed by atoms with Gasteiger partial charge in [0.1, 0.15) is 5.75 Å². The Morgan fingerprint density at radius 2 is 1.65 bits per heavy atom. The fraction of sp³-hybridized carbons (Fsp3) is 0.300. The zero-order chi connectivity index (χ0) is 18.4. The van der Waals surface area contributed by atoms with Gasteiger partial charge in [0.05, 0.1) is 0 Å². The van der Waals surface area contributed by atoms with Crippen LogP contribution in [0.3, 0.4) is 0 Å². The molecule has 26 heavy (non-hydrogen) atoms. The minimum atomic E-state index is -0.140. The summed E-state index contributed by atoms with van der Waals surface area (Å²) in [5.74, 6) is 0.633. The highest BCUT2D eigenvalue weighted by Gasteiger charge is 2.24. The summed E-state index contributed by atoms with van der Waals surface area (Å²) in [6.07, 6.45) is 0. The number of para-hydroxylation sites is 1. The van der Waals surface area contributed by atoms with E-state index in [1.807, 2.05) is 61.5 Å². The Kier molecular flexibility index (Phi) is 5.73. The van der Waals surface area contributed by atoms with Crippen LogP contribution in [0.2, 0.25) is 0 Å². The molecule has 6 nitrogen and oxygen atoms in total. The van der Waals surface area contributed by atoms with Crippen LogP contribution in [0.15, 0.2) is 54.6 Å². The van der Waals surface area contributed by atoms with Crippen molar-refractivity contribution in [3.8, 4) is 5.75 Å². The lowest BCUT2D eigenvalue weighted by atomic mass is 10.2. The van der Waals surface area contributed by atoms with E-state index >= 15 is 0 Å². The summed E-state index contributed by atoms with van der Waals surface area (Å²) in [6, 6.07) is 16.8. The highest BCUT2D eigenvalue weighted by Crippen LogP contribution is 2.13. The number of benzene rings is 2. The van der Waals surface area contributed by atoms with Crippen LogP contribution in [0.4, 0.5) is 10.5 Å². The SMILES string of the molecule is Cc1cccc(OCC(=O)N2CCN(C(=O)Nc3ccccc3)CC2)c1. The van der Waals surface area contributed by atoms with Crippen LogP contribution in [0.1, 0.15) is 5.56 Å². The molecule has 0 spiro atoms. The van der Waals surface area contributed by atoms with Crippen molar-refractivity contribution in [3.63, 3.8) is 0 Å². The molecule has 1 saturated heterocycles. The van der Waals surface area contributed by atoms with Crippen LogP contribution < -0.4 is 10.1 Å². The van der Waals surface area contributed by atoms with Crippen molar-refractivity contribution in [2.75, 3.05) is 38.1 Å². The molecule has 2 aromatic carbocycles. The number of hydrogen-bond acceptors (Lipinski definition) is 3. The molecular formula is C20H23N3O3. The van der Waals surface area contributed by atoms with Crippen LogP contribution in [0, 0.1) is 6.92 Å². The van der Waals surface area contributed by atoms with Crippen molar-refractivity contribution in [1.82, 2.24) is 9.80 Å². The van der Waals surface area contributed by atoms with Crippen LogP contribution in [-0.4, -0.2) is 54.5 Å². The number of aryl methyl sites for hydroxylation is 1. The number of nitrogens with one attached hydrogen (secondary N) is 1. The van der Waals surface area contributed by atoms with E-state index in [1.165, 1.54) is 0 Å². The zero-order valence-electron chi connectivity index (χ0n) is 14.9. The van der Waals surface area contributed by atoms with Crippen molar-refractivity contribution in [2.24, 2.45) is 0 Å². The Labute approximate surface area is 153 Å².